The fourth-order valence-corrected chi connectivity index (χ4v) is 2.32. The molecular weight excluding hydrogens is 330 g/mol. The van der Waals surface area contributed by atoms with Crippen molar-refractivity contribution in [2.24, 2.45) is 0 Å². The smallest absolute Gasteiger partial charge is 0.291 e. The molecule has 0 aliphatic carbocycles. The maximum atomic E-state index is 12.4. The fourth-order valence-electron chi connectivity index (χ4n) is 2.32. The molecule has 3 rings (SSSR count). The van der Waals surface area contributed by atoms with Crippen molar-refractivity contribution >= 4 is 23.2 Å². The summed E-state index contributed by atoms with van der Waals surface area (Å²) in [6, 6.07) is 16.8. The van der Waals surface area contributed by atoms with E-state index < -0.39 is 0 Å². The number of carbonyl (C=O) groups is 2. The van der Waals surface area contributed by atoms with E-state index in [-0.39, 0.29) is 17.6 Å². The normalized spacial score (nSPS) is 10.0. The summed E-state index contributed by atoms with van der Waals surface area (Å²) in [4.78, 5) is 24.6. The fraction of sp³-hybridized carbons (Fsp3) is 0.0500. The van der Waals surface area contributed by atoms with E-state index in [2.05, 4.69) is 10.6 Å². The second-order valence-corrected chi connectivity index (χ2v) is 5.60. The summed E-state index contributed by atoms with van der Waals surface area (Å²) in [6.45, 7) is 1.83. The Morgan fingerprint density at radius 1 is 1.00 bits per heavy atom. The van der Waals surface area contributed by atoms with Crippen molar-refractivity contribution in [1.29, 1.82) is 5.26 Å². The average Bonchev–Trinajstić information content (AvgIpc) is 3.19. The van der Waals surface area contributed by atoms with E-state index in [1.54, 1.807) is 54.6 Å². The Morgan fingerprint density at radius 2 is 1.77 bits per heavy atom. The van der Waals surface area contributed by atoms with E-state index in [9.17, 15) is 9.59 Å². The lowest BCUT2D eigenvalue weighted by atomic mass is 10.1. The number of carbonyl (C=O) groups excluding carboxylic acids is 2. The van der Waals surface area contributed by atoms with E-state index >= 15 is 0 Å². The van der Waals surface area contributed by atoms with Crippen LogP contribution in [0.2, 0.25) is 0 Å². The molecule has 1 heterocycles. The van der Waals surface area contributed by atoms with Gasteiger partial charge in [0.25, 0.3) is 11.8 Å². The zero-order chi connectivity index (χ0) is 18.5. The van der Waals surface area contributed by atoms with Crippen LogP contribution in [0.25, 0.3) is 0 Å². The highest BCUT2D eigenvalue weighted by atomic mass is 16.3. The highest BCUT2D eigenvalue weighted by Gasteiger charge is 2.13. The van der Waals surface area contributed by atoms with Gasteiger partial charge in [-0.15, -0.1) is 0 Å². The molecule has 2 amide bonds. The molecule has 0 bridgehead atoms. The van der Waals surface area contributed by atoms with Crippen LogP contribution in [0.15, 0.2) is 65.3 Å². The van der Waals surface area contributed by atoms with Crippen molar-refractivity contribution < 1.29 is 14.0 Å². The molecule has 0 spiro atoms. The summed E-state index contributed by atoms with van der Waals surface area (Å²) in [6.07, 6.45) is 1.42. The molecule has 2 aromatic carbocycles. The predicted molar refractivity (Wildman–Crippen MR) is 97.0 cm³/mol. The van der Waals surface area contributed by atoms with E-state index in [1.807, 2.05) is 13.0 Å². The largest absolute Gasteiger partial charge is 0.459 e. The third-order valence-corrected chi connectivity index (χ3v) is 3.76. The molecule has 6 heteroatoms. The van der Waals surface area contributed by atoms with Crippen LogP contribution in [0.5, 0.6) is 0 Å². The molecule has 6 nitrogen and oxygen atoms in total. The van der Waals surface area contributed by atoms with Gasteiger partial charge < -0.3 is 15.1 Å². The van der Waals surface area contributed by atoms with Crippen molar-refractivity contribution in [2.75, 3.05) is 10.6 Å². The Labute approximate surface area is 150 Å². The predicted octanol–water partition coefficient (Wildman–Crippen LogP) is 3.96. The van der Waals surface area contributed by atoms with Crippen LogP contribution in [-0.2, 0) is 0 Å². The first-order chi connectivity index (χ1) is 12.6. The third-order valence-electron chi connectivity index (χ3n) is 3.76. The summed E-state index contributed by atoms with van der Waals surface area (Å²) in [5.41, 5.74) is 2.84. The highest BCUT2D eigenvalue weighted by Crippen LogP contribution is 2.19. The summed E-state index contributed by atoms with van der Waals surface area (Å²) >= 11 is 0. The second kappa shape index (κ2) is 7.36. The lowest BCUT2D eigenvalue weighted by Gasteiger charge is -2.10. The van der Waals surface area contributed by atoms with Gasteiger partial charge in [-0.25, -0.2) is 0 Å². The SMILES string of the molecule is Cc1ccc(C(=O)Nc2ccc(C#N)cc2)cc1NC(=O)c1ccco1. The minimum Gasteiger partial charge on any atom is -0.459 e. The molecule has 1 aromatic heterocycles. The molecule has 0 fully saturated rings. The van der Waals surface area contributed by atoms with Gasteiger partial charge in [0, 0.05) is 16.9 Å². The number of benzene rings is 2. The summed E-state index contributed by atoms with van der Waals surface area (Å²) in [7, 11) is 0. The first-order valence-corrected chi connectivity index (χ1v) is 7.84. The Bertz CT molecular complexity index is 984. The number of rotatable bonds is 4. The number of hydrogen-bond acceptors (Lipinski definition) is 4. The number of nitrogens with one attached hydrogen (secondary N) is 2. The molecule has 0 radical (unpaired) electrons. The number of anilines is 2. The maximum absolute atomic E-state index is 12.4. The van der Waals surface area contributed by atoms with Crippen LogP contribution in [0, 0.1) is 18.3 Å². The van der Waals surface area contributed by atoms with Crippen molar-refractivity contribution in [1.82, 2.24) is 0 Å². The average molecular weight is 345 g/mol. The monoisotopic (exact) mass is 345 g/mol. The van der Waals surface area contributed by atoms with Crippen molar-refractivity contribution in [2.45, 2.75) is 6.92 Å². The Kier molecular flexibility index (Phi) is 4.81. The van der Waals surface area contributed by atoms with Crippen molar-refractivity contribution in [3.05, 3.63) is 83.3 Å². The molecule has 0 aliphatic rings. The lowest BCUT2D eigenvalue weighted by molar-refractivity contribution is 0.0993. The Morgan fingerprint density at radius 3 is 2.42 bits per heavy atom. The zero-order valence-electron chi connectivity index (χ0n) is 13.9. The first kappa shape index (κ1) is 17.0. The van der Waals surface area contributed by atoms with Gasteiger partial charge in [-0.3, -0.25) is 9.59 Å². The van der Waals surface area contributed by atoms with Gasteiger partial charge in [0.05, 0.1) is 17.9 Å². The molecule has 0 unspecified atom stereocenters. The molecule has 0 saturated carbocycles. The number of amides is 2. The van der Waals surface area contributed by atoms with Gasteiger partial charge in [0.1, 0.15) is 0 Å². The van der Waals surface area contributed by atoms with Crippen molar-refractivity contribution in [3.63, 3.8) is 0 Å². The summed E-state index contributed by atoms with van der Waals surface area (Å²) in [5.74, 6) is -0.511. The molecule has 26 heavy (non-hydrogen) atoms. The Hall–Kier alpha value is -3.85. The second-order valence-electron chi connectivity index (χ2n) is 5.60. The van der Waals surface area contributed by atoms with E-state index in [0.29, 0.717) is 22.5 Å². The minimum atomic E-state index is -0.386. The minimum absolute atomic E-state index is 0.192. The lowest BCUT2D eigenvalue weighted by Crippen LogP contribution is -2.15. The molecule has 0 saturated heterocycles. The quantitative estimate of drug-likeness (QED) is 0.748. The van der Waals surface area contributed by atoms with Crippen LogP contribution in [0.3, 0.4) is 0 Å². The highest BCUT2D eigenvalue weighted by molar-refractivity contribution is 6.07. The van der Waals surface area contributed by atoms with Gasteiger partial charge in [0.2, 0.25) is 0 Å². The maximum Gasteiger partial charge on any atom is 0.291 e. The number of nitriles is 1. The molecule has 0 aliphatic heterocycles. The van der Waals surface area contributed by atoms with Crippen LogP contribution < -0.4 is 10.6 Å². The number of furan rings is 1. The zero-order valence-corrected chi connectivity index (χ0v) is 13.9. The van der Waals surface area contributed by atoms with Gasteiger partial charge in [-0.2, -0.15) is 5.26 Å². The van der Waals surface area contributed by atoms with E-state index in [4.69, 9.17) is 9.68 Å². The molecule has 3 aromatic rings. The number of hydrogen-bond donors (Lipinski definition) is 2. The van der Waals surface area contributed by atoms with Gasteiger partial charge in [-0.05, 0) is 61.0 Å². The van der Waals surface area contributed by atoms with Crippen LogP contribution >= 0.6 is 0 Å². The van der Waals surface area contributed by atoms with Gasteiger partial charge in [-0.1, -0.05) is 6.07 Å². The third kappa shape index (κ3) is 3.79. The molecule has 2 N–H and O–H groups in total. The topological polar surface area (TPSA) is 95.1 Å². The number of nitrogens with zero attached hydrogens (tertiary/aromatic N) is 1. The summed E-state index contributed by atoms with van der Waals surface area (Å²) in [5, 5.41) is 14.3. The number of aryl methyl sites for hydroxylation is 1. The van der Waals surface area contributed by atoms with Crippen LogP contribution in [-0.4, -0.2) is 11.8 Å². The molecule has 128 valence electrons. The van der Waals surface area contributed by atoms with Gasteiger partial charge in [0.15, 0.2) is 5.76 Å². The van der Waals surface area contributed by atoms with E-state index in [1.165, 1.54) is 6.26 Å². The van der Waals surface area contributed by atoms with E-state index in [0.717, 1.165) is 5.56 Å². The van der Waals surface area contributed by atoms with Crippen LogP contribution in [0.4, 0.5) is 11.4 Å². The van der Waals surface area contributed by atoms with Crippen molar-refractivity contribution in [3.8, 4) is 6.07 Å². The Balaban J connectivity index is 1.76. The first-order valence-electron chi connectivity index (χ1n) is 7.84. The standard InChI is InChI=1S/C20H15N3O3/c1-13-4-7-15(11-17(13)23-20(25)18-3-2-10-26-18)19(24)22-16-8-5-14(12-21)6-9-16/h2-11H,1H3,(H,22,24)(H,23,25). The molecule has 0 atom stereocenters. The van der Waals surface area contributed by atoms with Crippen LogP contribution in [0.1, 0.15) is 32.0 Å². The summed E-state index contributed by atoms with van der Waals surface area (Å²) < 4.78 is 5.07. The molecular formula is C20H15N3O3. The van der Waals surface area contributed by atoms with Gasteiger partial charge >= 0.3 is 0 Å².